The van der Waals surface area contributed by atoms with E-state index in [4.69, 9.17) is 10.8 Å². The standard InChI is InChI=1S/C10H13F3N4O2S/c11-10(12,13)5(18)3-15-9-6(7(14)17-20-9)8(19)16-4-1-2-4/h4-5,15,18H,1-3H2,(H2,14,17)(H,16,19). The summed E-state index contributed by atoms with van der Waals surface area (Å²) in [5.41, 5.74) is 5.57. The van der Waals surface area contributed by atoms with Crippen LogP contribution in [0.25, 0.3) is 0 Å². The van der Waals surface area contributed by atoms with Gasteiger partial charge in [-0.3, -0.25) is 4.79 Å². The van der Waals surface area contributed by atoms with Gasteiger partial charge in [0, 0.05) is 6.04 Å². The van der Waals surface area contributed by atoms with Gasteiger partial charge >= 0.3 is 6.18 Å². The molecule has 0 aliphatic heterocycles. The molecule has 1 aromatic heterocycles. The molecule has 20 heavy (non-hydrogen) atoms. The van der Waals surface area contributed by atoms with Crippen molar-refractivity contribution in [3.63, 3.8) is 0 Å². The van der Waals surface area contributed by atoms with Crippen molar-refractivity contribution in [3.05, 3.63) is 5.56 Å². The largest absolute Gasteiger partial charge is 0.416 e. The van der Waals surface area contributed by atoms with E-state index in [1.807, 2.05) is 0 Å². The van der Waals surface area contributed by atoms with Crippen molar-refractivity contribution in [3.8, 4) is 0 Å². The first-order chi connectivity index (χ1) is 9.29. The lowest BCUT2D eigenvalue weighted by atomic mass is 10.2. The molecular weight excluding hydrogens is 297 g/mol. The van der Waals surface area contributed by atoms with Crippen molar-refractivity contribution < 1.29 is 23.1 Å². The molecule has 1 aliphatic carbocycles. The summed E-state index contributed by atoms with van der Waals surface area (Å²) in [7, 11) is 0. The van der Waals surface area contributed by atoms with Gasteiger partial charge in [-0.25, -0.2) is 0 Å². The van der Waals surface area contributed by atoms with Crippen LogP contribution in [0.1, 0.15) is 23.2 Å². The second kappa shape index (κ2) is 5.44. The fourth-order valence-corrected chi connectivity index (χ4v) is 2.15. The number of hydrogen-bond acceptors (Lipinski definition) is 6. The number of hydrogen-bond donors (Lipinski definition) is 4. The van der Waals surface area contributed by atoms with E-state index >= 15 is 0 Å². The van der Waals surface area contributed by atoms with E-state index < -0.39 is 24.7 Å². The number of amides is 1. The highest BCUT2D eigenvalue weighted by Crippen LogP contribution is 2.29. The van der Waals surface area contributed by atoms with Gasteiger partial charge in [0.25, 0.3) is 5.91 Å². The topological polar surface area (TPSA) is 100 Å². The summed E-state index contributed by atoms with van der Waals surface area (Å²) in [4.78, 5) is 11.9. The molecule has 0 radical (unpaired) electrons. The quantitative estimate of drug-likeness (QED) is 0.649. The number of anilines is 2. The van der Waals surface area contributed by atoms with Gasteiger partial charge in [0.15, 0.2) is 11.9 Å². The maximum Gasteiger partial charge on any atom is 0.416 e. The first-order valence-electron chi connectivity index (χ1n) is 5.83. The summed E-state index contributed by atoms with van der Waals surface area (Å²) in [5, 5.41) is 14.1. The van der Waals surface area contributed by atoms with E-state index in [1.54, 1.807) is 0 Å². The Labute approximate surface area is 116 Å². The summed E-state index contributed by atoms with van der Waals surface area (Å²) < 4.78 is 40.3. The van der Waals surface area contributed by atoms with Crippen molar-refractivity contribution in [2.75, 3.05) is 17.6 Å². The molecule has 1 aromatic rings. The van der Waals surface area contributed by atoms with Crippen LogP contribution in [0.5, 0.6) is 0 Å². The van der Waals surface area contributed by atoms with Crippen molar-refractivity contribution in [1.82, 2.24) is 9.69 Å². The lowest BCUT2D eigenvalue weighted by molar-refractivity contribution is -0.198. The number of alkyl halides is 3. The first kappa shape index (κ1) is 14.9. The second-order valence-electron chi connectivity index (χ2n) is 4.46. The van der Waals surface area contributed by atoms with Crippen LogP contribution in [0, 0.1) is 0 Å². The van der Waals surface area contributed by atoms with Crippen LogP contribution in [0.2, 0.25) is 0 Å². The molecular formula is C10H13F3N4O2S. The Morgan fingerprint density at radius 1 is 1.55 bits per heavy atom. The zero-order valence-corrected chi connectivity index (χ0v) is 11.0. The number of nitrogens with one attached hydrogen (secondary N) is 2. The molecule has 1 heterocycles. The van der Waals surface area contributed by atoms with E-state index in [0.29, 0.717) is 0 Å². The molecule has 0 bridgehead atoms. The smallest absolute Gasteiger partial charge is 0.382 e. The third kappa shape index (κ3) is 3.51. The number of carbonyl (C=O) groups excluding carboxylic acids is 1. The highest BCUT2D eigenvalue weighted by atomic mass is 32.1. The SMILES string of the molecule is Nc1nsc(NCC(O)C(F)(F)F)c1C(=O)NC1CC1. The number of carbonyl (C=O) groups is 1. The molecule has 6 nitrogen and oxygen atoms in total. The Bertz CT molecular complexity index is 501. The fraction of sp³-hybridized carbons (Fsp3) is 0.600. The van der Waals surface area contributed by atoms with Crippen LogP contribution in [-0.4, -0.2) is 40.3 Å². The number of halogens is 3. The number of rotatable bonds is 5. The molecule has 5 N–H and O–H groups in total. The normalized spacial score (nSPS) is 16.8. The van der Waals surface area contributed by atoms with E-state index in [1.165, 1.54) is 0 Å². The van der Waals surface area contributed by atoms with Gasteiger partial charge in [-0.15, -0.1) is 0 Å². The predicted octanol–water partition coefficient (Wildman–Crippen LogP) is 0.953. The molecule has 1 fully saturated rings. The van der Waals surface area contributed by atoms with Crippen molar-refractivity contribution in [2.45, 2.75) is 31.2 Å². The van der Waals surface area contributed by atoms with E-state index in [2.05, 4.69) is 15.0 Å². The number of aliphatic hydroxyl groups excluding tert-OH is 1. The van der Waals surface area contributed by atoms with Crippen molar-refractivity contribution >= 4 is 28.3 Å². The summed E-state index contributed by atoms with van der Waals surface area (Å²) in [5.74, 6) is -0.514. The molecule has 1 unspecified atom stereocenters. The Balaban J connectivity index is 2.02. The van der Waals surface area contributed by atoms with Crippen LogP contribution in [0.3, 0.4) is 0 Å². The Kier molecular flexibility index (Phi) is 4.04. The molecule has 112 valence electrons. The molecule has 1 aliphatic rings. The van der Waals surface area contributed by atoms with Crippen molar-refractivity contribution in [1.29, 1.82) is 0 Å². The molecule has 1 amide bonds. The third-order valence-corrected chi connectivity index (χ3v) is 3.51. The monoisotopic (exact) mass is 310 g/mol. The molecule has 0 aromatic carbocycles. The molecule has 2 rings (SSSR count). The predicted molar refractivity (Wildman–Crippen MR) is 67.6 cm³/mol. The number of aromatic nitrogens is 1. The number of nitrogens with two attached hydrogens (primary N) is 1. The molecule has 10 heteroatoms. The van der Waals surface area contributed by atoms with Gasteiger partial charge in [0.2, 0.25) is 0 Å². The molecule has 1 saturated carbocycles. The average molecular weight is 310 g/mol. The number of aliphatic hydroxyl groups is 1. The molecule has 0 spiro atoms. The lowest BCUT2D eigenvalue weighted by Gasteiger charge is -2.15. The van der Waals surface area contributed by atoms with E-state index in [-0.39, 0.29) is 22.4 Å². The zero-order chi connectivity index (χ0) is 14.9. The molecule has 0 saturated heterocycles. The maximum absolute atomic E-state index is 12.2. The van der Waals surface area contributed by atoms with Crippen LogP contribution < -0.4 is 16.4 Å². The number of nitrogens with zero attached hydrogens (tertiary/aromatic N) is 1. The minimum Gasteiger partial charge on any atom is -0.382 e. The van der Waals surface area contributed by atoms with Crippen LogP contribution in [0.4, 0.5) is 24.0 Å². The van der Waals surface area contributed by atoms with Crippen LogP contribution in [-0.2, 0) is 0 Å². The number of nitrogen functional groups attached to an aromatic ring is 1. The third-order valence-electron chi connectivity index (χ3n) is 2.69. The summed E-state index contributed by atoms with van der Waals surface area (Å²) in [6.45, 7) is -0.769. The van der Waals surface area contributed by atoms with Gasteiger partial charge < -0.3 is 21.5 Å². The Morgan fingerprint density at radius 2 is 2.20 bits per heavy atom. The second-order valence-corrected chi connectivity index (χ2v) is 5.23. The van der Waals surface area contributed by atoms with Crippen LogP contribution in [0.15, 0.2) is 0 Å². The molecule has 1 atom stereocenters. The maximum atomic E-state index is 12.2. The summed E-state index contributed by atoms with van der Waals surface area (Å²) in [6, 6.07) is 0.0930. The van der Waals surface area contributed by atoms with Gasteiger partial charge in [-0.2, -0.15) is 17.5 Å². The van der Waals surface area contributed by atoms with Gasteiger partial charge in [0.1, 0.15) is 10.6 Å². The fourth-order valence-electron chi connectivity index (χ4n) is 1.43. The Morgan fingerprint density at radius 3 is 2.75 bits per heavy atom. The van der Waals surface area contributed by atoms with Gasteiger partial charge in [0.05, 0.1) is 6.54 Å². The van der Waals surface area contributed by atoms with Crippen LogP contribution >= 0.6 is 11.5 Å². The summed E-state index contributed by atoms with van der Waals surface area (Å²) >= 11 is 0.779. The van der Waals surface area contributed by atoms with Crippen molar-refractivity contribution in [2.24, 2.45) is 0 Å². The van der Waals surface area contributed by atoms with E-state index in [0.717, 1.165) is 24.4 Å². The lowest BCUT2D eigenvalue weighted by Crippen LogP contribution is -2.35. The highest BCUT2D eigenvalue weighted by molar-refractivity contribution is 7.11. The van der Waals surface area contributed by atoms with E-state index in [9.17, 15) is 18.0 Å². The van der Waals surface area contributed by atoms with Gasteiger partial charge in [-0.05, 0) is 24.4 Å². The van der Waals surface area contributed by atoms with Gasteiger partial charge in [-0.1, -0.05) is 0 Å². The summed E-state index contributed by atoms with van der Waals surface area (Å²) in [6.07, 6.45) is -5.50. The first-order valence-corrected chi connectivity index (χ1v) is 6.61. The minimum atomic E-state index is -4.72. The Hall–Kier alpha value is -1.55. The zero-order valence-electron chi connectivity index (χ0n) is 10.2. The highest BCUT2D eigenvalue weighted by Gasteiger charge is 2.38. The minimum absolute atomic E-state index is 0.0243. The average Bonchev–Trinajstić information content (AvgIpc) is 3.06.